The first-order valence-electron chi connectivity index (χ1n) is 7.89. The molecule has 1 fully saturated rings. The van der Waals surface area contributed by atoms with Crippen LogP contribution < -0.4 is 0 Å². The number of hydroxylamine groups is 1. The molecule has 1 N–H and O–H groups in total. The Balaban J connectivity index is 1.81. The molecule has 1 saturated heterocycles. The van der Waals surface area contributed by atoms with E-state index in [0.717, 1.165) is 15.9 Å². The van der Waals surface area contributed by atoms with Crippen LogP contribution in [0.15, 0.2) is 60.7 Å². The topological polar surface area (TPSA) is 55.5 Å². The molecule has 4 nitrogen and oxygen atoms in total. The molecule has 2 aromatic carbocycles. The average Bonchev–Trinajstić information content (AvgIpc) is 2.99. The number of nitrogens with zero attached hydrogens (tertiary/aromatic N) is 1. The van der Waals surface area contributed by atoms with Gasteiger partial charge in [-0.25, -0.2) is 4.74 Å². The van der Waals surface area contributed by atoms with Gasteiger partial charge < -0.3 is 15.1 Å². The van der Waals surface area contributed by atoms with Crippen LogP contribution in [0.25, 0.3) is 0 Å². The van der Waals surface area contributed by atoms with Crippen molar-refractivity contribution in [2.24, 2.45) is 5.92 Å². The van der Waals surface area contributed by atoms with Crippen molar-refractivity contribution < 1.29 is 14.6 Å². The maximum atomic E-state index is 12.7. The first-order chi connectivity index (χ1) is 11.3. The van der Waals surface area contributed by atoms with Crippen LogP contribution in [-0.4, -0.2) is 41.4 Å². The Labute approximate surface area is 136 Å². The lowest BCUT2D eigenvalue weighted by molar-refractivity contribution is -0.509. The second-order valence-electron chi connectivity index (χ2n) is 5.89. The Morgan fingerprint density at radius 1 is 1.09 bits per heavy atom. The summed E-state index contributed by atoms with van der Waals surface area (Å²) in [4.78, 5) is 0. The first kappa shape index (κ1) is 15.7. The molecular formula is C19H21NO3. The van der Waals surface area contributed by atoms with Crippen molar-refractivity contribution in [3.63, 3.8) is 0 Å². The summed E-state index contributed by atoms with van der Waals surface area (Å²) in [7, 11) is 0. The fourth-order valence-electron chi connectivity index (χ4n) is 3.08. The molecule has 0 spiro atoms. The van der Waals surface area contributed by atoms with E-state index in [9.17, 15) is 10.3 Å². The maximum absolute atomic E-state index is 12.7. The Morgan fingerprint density at radius 3 is 2.39 bits per heavy atom. The van der Waals surface area contributed by atoms with E-state index in [-0.39, 0.29) is 24.7 Å². The third-order valence-electron chi connectivity index (χ3n) is 4.27. The van der Waals surface area contributed by atoms with Crippen LogP contribution in [0.3, 0.4) is 0 Å². The van der Waals surface area contributed by atoms with Crippen molar-refractivity contribution in [3.05, 3.63) is 77.0 Å². The predicted molar refractivity (Wildman–Crippen MR) is 89.5 cm³/mol. The van der Waals surface area contributed by atoms with Gasteiger partial charge >= 0.3 is 0 Å². The van der Waals surface area contributed by atoms with E-state index in [0.29, 0.717) is 13.0 Å². The van der Waals surface area contributed by atoms with Crippen molar-refractivity contribution in [1.29, 1.82) is 0 Å². The Hall–Kier alpha value is -2.17. The minimum Gasteiger partial charge on any atom is -0.623 e. The molecule has 1 aliphatic heterocycles. The molecule has 0 unspecified atom stereocenters. The standard InChI is InChI=1S/C19H21NO3/c21-13-17-14-23-18(11-15-7-3-1-4-8-15)19(17)20(22)12-16-9-5-2-6-10-16/h1-10,12,17-19,21H,11,13-14H2/b20-12-/t17-,18+,19-/m1/s1. The fraction of sp³-hybridized carbons (Fsp3) is 0.316. The summed E-state index contributed by atoms with van der Waals surface area (Å²) in [5.74, 6) is -0.166. The van der Waals surface area contributed by atoms with Gasteiger partial charge in [-0.2, -0.15) is 0 Å². The van der Waals surface area contributed by atoms with E-state index >= 15 is 0 Å². The smallest absolute Gasteiger partial charge is 0.196 e. The van der Waals surface area contributed by atoms with Crippen molar-refractivity contribution in [3.8, 4) is 0 Å². The third kappa shape index (κ3) is 3.78. The number of hydrogen-bond donors (Lipinski definition) is 1. The number of hydrogen-bond acceptors (Lipinski definition) is 3. The van der Waals surface area contributed by atoms with E-state index in [1.165, 1.54) is 0 Å². The van der Waals surface area contributed by atoms with Gasteiger partial charge in [-0.3, -0.25) is 0 Å². The van der Waals surface area contributed by atoms with E-state index in [4.69, 9.17) is 4.74 Å². The van der Waals surface area contributed by atoms with E-state index in [2.05, 4.69) is 0 Å². The zero-order chi connectivity index (χ0) is 16.1. The van der Waals surface area contributed by atoms with Crippen molar-refractivity contribution >= 4 is 6.21 Å². The van der Waals surface area contributed by atoms with Gasteiger partial charge in [0.15, 0.2) is 12.3 Å². The normalized spacial score (nSPS) is 24.7. The van der Waals surface area contributed by atoms with E-state index < -0.39 is 0 Å². The number of ether oxygens (including phenoxy) is 1. The number of aliphatic hydroxyl groups excluding tert-OH is 1. The van der Waals surface area contributed by atoms with Crippen LogP contribution in [-0.2, 0) is 11.2 Å². The van der Waals surface area contributed by atoms with Gasteiger partial charge in [0.05, 0.1) is 19.1 Å². The molecule has 0 saturated carbocycles. The quantitative estimate of drug-likeness (QED) is 0.399. The number of aliphatic hydroxyl groups is 1. The summed E-state index contributed by atoms with van der Waals surface area (Å²) in [5, 5.41) is 22.2. The molecule has 1 aliphatic rings. The highest BCUT2D eigenvalue weighted by atomic mass is 16.5. The van der Waals surface area contributed by atoms with E-state index in [1.54, 1.807) is 6.21 Å². The monoisotopic (exact) mass is 311 g/mol. The third-order valence-corrected chi connectivity index (χ3v) is 4.27. The second-order valence-corrected chi connectivity index (χ2v) is 5.89. The predicted octanol–water partition coefficient (Wildman–Crippen LogP) is 2.23. The summed E-state index contributed by atoms with van der Waals surface area (Å²) in [6.45, 7) is 0.372. The van der Waals surface area contributed by atoms with Crippen LogP contribution in [0, 0.1) is 11.1 Å². The molecule has 3 rings (SSSR count). The summed E-state index contributed by atoms with van der Waals surface area (Å²) in [6.07, 6.45) is 2.04. The van der Waals surface area contributed by atoms with Gasteiger partial charge in [0, 0.05) is 12.0 Å². The van der Waals surface area contributed by atoms with Gasteiger partial charge in [-0.1, -0.05) is 48.5 Å². The number of benzene rings is 2. The fourth-order valence-corrected chi connectivity index (χ4v) is 3.08. The molecule has 120 valence electrons. The number of rotatable bonds is 5. The van der Waals surface area contributed by atoms with Crippen LogP contribution in [0.2, 0.25) is 0 Å². The molecule has 0 aliphatic carbocycles. The molecular weight excluding hydrogens is 290 g/mol. The van der Waals surface area contributed by atoms with Gasteiger partial charge in [0.2, 0.25) is 0 Å². The lowest BCUT2D eigenvalue weighted by atomic mass is 9.95. The average molecular weight is 311 g/mol. The first-order valence-corrected chi connectivity index (χ1v) is 7.89. The molecule has 0 amide bonds. The maximum Gasteiger partial charge on any atom is 0.196 e. The highest BCUT2D eigenvalue weighted by Crippen LogP contribution is 2.25. The molecule has 0 radical (unpaired) electrons. The lowest BCUT2D eigenvalue weighted by Crippen LogP contribution is -2.39. The Morgan fingerprint density at radius 2 is 1.74 bits per heavy atom. The largest absolute Gasteiger partial charge is 0.623 e. The highest BCUT2D eigenvalue weighted by Gasteiger charge is 2.43. The minimum atomic E-state index is -0.375. The van der Waals surface area contributed by atoms with Crippen LogP contribution in [0.5, 0.6) is 0 Å². The molecule has 0 bridgehead atoms. The summed E-state index contributed by atoms with van der Waals surface area (Å²) in [5.41, 5.74) is 1.98. The molecule has 3 atom stereocenters. The zero-order valence-corrected chi connectivity index (χ0v) is 12.9. The van der Waals surface area contributed by atoms with Crippen molar-refractivity contribution in [2.75, 3.05) is 13.2 Å². The van der Waals surface area contributed by atoms with Crippen LogP contribution >= 0.6 is 0 Å². The van der Waals surface area contributed by atoms with Gasteiger partial charge in [-0.05, 0) is 17.7 Å². The highest BCUT2D eigenvalue weighted by molar-refractivity contribution is 5.75. The van der Waals surface area contributed by atoms with Crippen molar-refractivity contribution in [1.82, 2.24) is 0 Å². The molecule has 1 heterocycles. The molecule has 0 aromatic heterocycles. The molecule has 23 heavy (non-hydrogen) atoms. The van der Waals surface area contributed by atoms with Crippen molar-refractivity contribution in [2.45, 2.75) is 18.6 Å². The SMILES string of the molecule is [O-]/[N+](=C\c1ccccc1)[C@@H]1[C@H](CO)CO[C@H]1Cc1ccccc1. The Bertz CT molecular complexity index is 642. The molecule has 4 heteroatoms. The van der Waals surface area contributed by atoms with Crippen LogP contribution in [0.1, 0.15) is 11.1 Å². The summed E-state index contributed by atoms with van der Waals surface area (Å²) >= 11 is 0. The van der Waals surface area contributed by atoms with Crippen LogP contribution in [0.4, 0.5) is 0 Å². The molecule has 2 aromatic rings. The van der Waals surface area contributed by atoms with Gasteiger partial charge in [0.25, 0.3) is 0 Å². The lowest BCUT2D eigenvalue weighted by Gasteiger charge is -2.21. The summed E-state index contributed by atoms with van der Waals surface area (Å²) < 4.78 is 6.77. The summed E-state index contributed by atoms with van der Waals surface area (Å²) in [6, 6.07) is 19.1. The zero-order valence-electron chi connectivity index (χ0n) is 12.9. The van der Waals surface area contributed by atoms with E-state index in [1.807, 2.05) is 60.7 Å². The van der Waals surface area contributed by atoms with Gasteiger partial charge in [0.1, 0.15) is 6.10 Å². The second kappa shape index (κ2) is 7.40. The Kier molecular flexibility index (Phi) is 5.05. The van der Waals surface area contributed by atoms with Gasteiger partial charge in [-0.15, -0.1) is 0 Å². The minimum absolute atomic E-state index is 0.0443.